The Morgan fingerprint density at radius 1 is 1.17 bits per heavy atom. The van der Waals surface area contributed by atoms with Gasteiger partial charge in [-0.05, 0) is 29.5 Å². The molecule has 0 saturated heterocycles. The van der Waals surface area contributed by atoms with Gasteiger partial charge in [0.15, 0.2) is 0 Å². The molecular weight excluding hydrogens is 310 g/mol. The third-order valence-electron chi connectivity index (χ3n) is 3.84. The molecule has 2 N–H and O–H groups in total. The van der Waals surface area contributed by atoms with Crippen molar-refractivity contribution in [3.8, 4) is 0 Å². The van der Waals surface area contributed by atoms with Crippen LogP contribution in [-0.4, -0.2) is 17.5 Å². The fourth-order valence-electron chi connectivity index (χ4n) is 2.49. The normalized spacial score (nSPS) is 11.9. The zero-order valence-corrected chi connectivity index (χ0v) is 14.1. The van der Waals surface area contributed by atoms with Gasteiger partial charge in [-0.15, -0.1) is 0 Å². The number of aromatic nitrogens is 1. The molecule has 5 heteroatoms. The molecular formula is C19H24F2N2O. The molecule has 1 aromatic heterocycles. The summed E-state index contributed by atoms with van der Waals surface area (Å²) < 4.78 is 33.2. The van der Waals surface area contributed by atoms with E-state index in [1.165, 1.54) is 0 Å². The molecule has 3 nitrogen and oxygen atoms in total. The first kappa shape index (κ1) is 18.3. The minimum absolute atomic E-state index is 0.166. The molecule has 0 aliphatic heterocycles. The average molecular weight is 334 g/mol. The highest BCUT2D eigenvalue weighted by Gasteiger charge is 2.29. The van der Waals surface area contributed by atoms with Crippen LogP contribution in [0, 0.1) is 0 Å². The third kappa shape index (κ3) is 5.27. The van der Waals surface area contributed by atoms with Crippen LogP contribution >= 0.6 is 0 Å². The van der Waals surface area contributed by atoms with Crippen molar-refractivity contribution >= 4 is 5.69 Å². The number of rotatable bonds is 8. The standard InChI is InChI=1S/C19H24F2N2O/c1-14(2)18-17(22)16(9-11-23-18)8-10-19(20,21)13-24-12-15-6-4-3-5-7-15/h3-7,9,11,14H,8,10,12-13,22H2,1-2H3. The minimum atomic E-state index is -2.89. The molecule has 130 valence electrons. The number of alkyl halides is 2. The maximum absolute atomic E-state index is 14.0. The lowest BCUT2D eigenvalue weighted by Crippen LogP contribution is -2.24. The predicted octanol–water partition coefficient (Wildman–Crippen LogP) is 4.57. The highest BCUT2D eigenvalue weighted by molar-refractivity contribution is 5.51. The number of benzene rings is 1. The van der Waals surface area contributed by atoms with Gasteiger partial charge in [-0.3, -0.25) is 4.98 Å². The molecule has 0 bridgehead atoms. The Balaban J connectivity index is 1.87. The topological polar surface area (TPSA) is 48.1 Å². The van der Waals surface area contributed by atoms with Crippen LogP contribution in [0.15, 0.2) is 42.6 Å². The number of hydrogen-bond acceptors (Lipinski definition) is 3. The molecule has 0 aliphatic carbocycles. The van der Waals surface area contributed by atoms with Gasteiger partial charge in [0.2, 0.25) is 0 Å². The number of ether oxygens (including phenoxy) is 1. The summed E-state index contributed by atoms with van der Waals surface area (Å²) >= 11 is 0. The molecule has 0 saturated carbocycles. The second-order valence-electron chi connectivity index (χ2n) is 6.26. The van der Waals surface area contributed by atoms with Crippen molar-refractivity contribution in [1.82, 2.24) is 4.98 Å². The highest BCUT2D eigenvalue weighted by atomic mass is 19.3. The summed E-state index contributed by atoms with van der Waals surface area (Å²) in [5.74, 6) is -2.72. The summed E-state index contributed by atoms with van der Waals surface area (Å²) in [5.41, 5.74) is 8.93. The van der Waals surface area contributed by atoms with Crippen molar-refractivity contribution in [2.75, 3.05) is 12.3 Å². The second kappa shape index (κ2) is 8.20. The maximum Gasteiger partial charge on any atom is 0.271 e. The van der Waals surface area contributed by atoms with Gasteiger partial charge in [0, 0.05) is 12.6 Å². The van der Waals surface area contributed by atoms with Gasteiger partial charge < -0.3 is 10.5 Å². The number of aryl methyl sites for hydroxylation is 1. The fourth-order valence-corrected chi connectivity index (χ4v) is 2.49. The van der Waals surface area contributed by atoms with Crippen molar-refractivity contribution in [3.05, 3.63) is 59.4 Å². The molecule has 0 spiro atoms. The number of hydrogen-bond donors (Lipinski definition) is 1. The van der Waals surface area contributed by atoms with E-state index in [0.29, 0.717) is 5.69 Å². The van der Waals surface area contributed by atoms with Gasteiger partial charge in [-0.25, -0.2) is 8.78 Å². The fraction of sp³-hybridized carbons (Fsp3) is 0.421. The first-order chi connectivity index (χ1) is 11.4. The van der Waals surface area contributed by atoms with Gasteiger partial charge in [0.1, 0.15) is 6.61 Å². The van der Waals surface area contributed by atoms with Crippen LogP contribution in [0.4, 0.5) is 14.5 Å². The largest absolute Gasteiger partial charge is 0.397 e. The summed E-state index contributed by atoms with van der Waals surface area (Å²) in [7, 11) is 0. The van der Waals surface area contributed by atoms with Gasteiger partial charge in [-0.1, -0.05) is 44.2 Å². The lowest BCUT2D eigenvalue weighted by Gasteiger charge is -2.18. The quantitative estimate of drug-likeness (QED) is 0.769. The molecule has 0 atom stereocenters. The highest BCUT2D eigenvalue weighted by Crippen LogP contribution is 2.27. The molecule has 2 rings (SSSR count). The number of pyridine rings is 1. The van der Waals surface area contributed by atoms with Gasteiger partial charge in [0.25, 0.3) is 5.92 Å². The van der Waals surface area contributed by atoms with Crippen LogP contribution in [0.1, 0.15) is 43.0 Å². The molecule has 0 radical (unpaired) electrons. The second-order valence-corrected chi connectivity index (χ2v) is 6.26. The van der Waals surface area contributed by atoms with E-state index in [1.54, 1.807) is 12.3 Å². The van der Waals surface area contributed by atoms with Crippen LogP contribution in [0.25, 0.3) is 0 Å². The monoisotopic (exact) mass is 334 g/mol. The third-order valence-corrected chi connectivity index (χ3v) is 3.84. The zero-order chi connectivity index (χ0) is 17.6. The maximum atomic E-state index is 14.0. The van der Waals surface area contributed by atoms with Crippen molar-refractivity contribution in [1.29, 1.82) is 0 Å². The molecule has 24 heavy (non-hydrogen) atoms. The van der Waals surface area contributed by atoms with Crippen LogP contribution < -0.4 is 5.73 Å². The van der Waals surface area contributed by atoms with Gasteiger partial charge in [-0.2, -0.15) is 0 Å². The minimum Gasteiger partial charge on any atom is -0.397 e. The Kier molecular flexibility index (Phi) is 6.26. The molecule has 0 unspecified atom stereocenters. The molecule has 0 amide bonds. The molecule has 1 heterocycles. The summed E-state index contributed by atoms with van der Waals surface area (Å²) in [5, 5.41) is 0. The van der Waals surface area contributed by atoms with E-state index in [2.05, 4.69) is 4.98 Å². The van der Waals surface area contributed by atoms with Crippen LogP contribution in [0.5, 0.6) is 0 Å². The van der Waals surface area contributed by atoms with Crippen LogP contribution in [-0.2, 0) is 17.8 Å². The Morgan fingerprint density at radius 3 is 2.54 bits per heavy atom. The number of anilines is 1. The molecule has 0 aliphatic rings. The Hall–Kier alpha value is -2.01. The zero-order valence-electron chi connectivity index (χ0n) is 14.1. The van der Waals surface area contributed by atoms with Crippen molar-refractivity contribution in [3.63, 3.8) is 0 Å². The molecule has 2 aromatic rings. The number of nitrogens with zero attached hydrogens (tertiary/aromatic N) is 1. The van der Waals surface area contributed by atoms with E-state index < -0.39 is 12.5 Å². The first-order valence-corrected chi connectivity index (χ1v) is 8.12. The SMILES string of the molecule is CC(C)c1nccc(CCC(F)(F)COCc2ccccc2)c1N. The van der Waals surface area contributed by atoms with E-state index in [1.807, 2.05) is 44.2 Å². The number of nitrogens with two attached hydrogens (primary N) is 1. The summed E-state index contributed by atoms with van der Waals surface area (Å²) in [4.78, 5) is 4.23. The van der Waals surface area contributed by atoms with E-state index in [4.69, 9.17) is 10.5 Å². The molecule has 0 fully saturated rings. The Labute approximate surface area is 141 Å². The van der Waals surface area contributed by atoms with Crippen molar-refractivity contribution < 1.29 is 13.5 Å². The first-order valence-electron chi connectivity index (χ1n) is 8.12. The average Bonchev–Trinajstić information content (AvgIpc) is 2.54. The van der Waals surface area contributed by atoms with E-state index in [0.717, 1.165) is 16.8 Å². The summed E-state index contributed by atoms with van der Waals surface area (Å²) in [6, 6.07) is 11.0. The lowest BCUT2D eigenvalue weighted by molar-refractivity contribution is -0.0862. The Bertz CT molecular complexity index is 645. The Morgan fingerprint density at radius 2 is 1.88 bits per heavy atom. The van der Waals surface area contributed by atoms with Gasteiger partial charge in [0.05, 0.1) is 18.0 Å². The predicted molar refractivity (Wildman–Crippen MR) is 92.1 cm³/mol. The smallest absolute Gasteiger partial charge is 0.271 e. The van der Waals surface area contributed by atoms with E-state index in [-0.39, 0.29) is 25.4 Å². The van der Waals surface area contributed by atoms with Crippen molar-refractivity contribution in [2.24, 2.45) is 0 Å². The van der Waals surface area contributed by atoms with E-state index in [9.17, 15) is 8.78 Å². The van der Waals surface area contributed by atoms with Gasteiger partial charge >= 0.3 is 0 Å². The number of halogens is 2. The lowest BCUT2D eigenvalue weighted by atomic mass is 10.0. The van der Waals surface area contributed by atoms with Crippen LogP contribution in [0.3, 0.4) is 0 Å². The van der Waals surface area contributed by atoms with Crippen molar-refractivity contribution in [2.45, 2.75) is 45.1 Å². The van der Waals surface area contributed by atoms with Crippen LogP contribution in [0.2, 0.25) is 0 Å². The summed E-state index contributed by atoms with van der Waals surface area (Å²) in [6.07, 6.45) is 1.54. The number of nitrogen functional groups attached to an aromatic ring is 1. The van der Waals surface area contributed by atoms with E-state index >= 15 is 0 Å². The summed E-state index contributed by atoms with van der Waals surface area (Å²) in [6.45, 7) is 3.55. The molecule has 1 aromatic carbocycles.